The lowest BCUT2D eigenvalue weighted by molar-refractivity contribution is 0.258. The number of para-hydroxylation sites is 1. The smallest absolute Gasteiger partial charge is 0.284 e. The molecule has 0 unspecified atom stereocenters. The summed E-state index contributed by atoms with van der Waals surface area (Å²) in [5, 5.41) is 6.37. The van der Waals surface area contributed by atoms with E-state index in [0.29, 0.717) is 11.6 Å². The second-order valence-corrected chi connectivity index (χ2v) is 4.93. The van der Waals surface area contributed by atoms with Gasteiger partial charge in [-0.15, -0.1) is 5.10 Å². The zero-order valence-electron chi connectivity index (χ0n) is 7.87. The van der Waals surface area contributed by atoms with Gasteiger partial charge >= 0.3 is 0 Å². The van der Waals surface area contributed by atoms with Gasteiger partial charge in [0.05, 0.1) is 8.95 Å². The van der Waals surface area contributed by atoms with Crippen LogP contribution in [0, 0.1) is 4.84 Å². The molecule has 0 saturated heterocycles. The summed E-state index contributed by atoms with van der Waals surface area (Å²) in [6.07, 6.45) is 0. The normalized spacial score (nSPS) is 10.4. The number of nitrogens with zero attached hydrogens (tertiary/aromatic N) is 1. The molecule has 7 heteroatoms. The number of hydrogen-bond donors (Lipinski definition) is 1. The fourth-order valence-electron chi connectivity index (χ4n) is 1.08. The van der Waals surface area contributed by atoms with Crippen molar-refractivity contribution in [1.29, 1.82) is 0 Å². The van der Waals surface area contributed by atoms with Crippen LogP contribution < -0.4 is 4.74 Å². The molecule has 0 spiro atoms. The minimum atomic E-state index is 0.217. The first kappa shape index (κ1) is 11.8. The molecule has 4 nitrogen and oxygen atoms in total. The standard InChI is InChI=1S/C9H6Br2N2O2S/c10-5-2-1-3-6(11)8(5)14-4-7-12-13-9(16)15-7/h1-3H,4H2,(H,13,16). The van der Waals surface area contributed by atoms with E-state index in [0.717, 1.165) is 8.95 Å². The molecule has 0 aliphatic carbocycles. The number of nitrogens with one attached hydrogen (secondary N) is 1. The number of ether oxygens (including phenoxy) is 1. The van der Waals surface area contributed by atoms with Crippen LogP contribution in [-0.4, -0.2) is 10.2 Å². The Bertz CT molecular complexity index is 532. The van der Waals surface area contributed by atoms with Crippen molar-refractivity contribution in [2.45, 2.75) is 6.61 Å². The first-order valence-corrected chi connectivity index (χ1v) is 6.27. The average Bonchev–Trinajstić information content (AvgIpc) is 2.63. The second-order valence-electron chi connectivity index (χ2n) is 2.85. The summed E-state index contributed by atoms with van der Waals surface area (Å²) in [5.41, 5.74) is 0. The van der Waals surface area contributed by atoms with Gasteiger partial charge in [-0.3, -0.25) is 0 Å². The van der Waals surface area contributed by atoms with E-state index in [2.05, 4.69) is 42.1 Å². The maximum absolute atomic E-state index is 5.55. The van der Waals surface area contributed by atoms with Gasteiger partial charge < -0.3 is 9.15 Å². The highest BCUT2D eigenvalue weighted by Crippen LogP contribution is 2.33. The quantitative estimate of drug-likeness (QED) is 0.839. The van der Waals surface area contributed by atoms with Crippen LogP contribution in [0.5, 0.6) is 5.75 Å². The van der Waals surface area contributed by atoms with Crippen molar-refractivity contribution in [2.24, 2.45) is 0 Å². The molecule has 0 atom stereocenters. The van der Waals surface area contributed by atoms with Gasteiger partial charge in [0.1, 0.15) is 5.75 Å². The molecule has 0 saturated carbocycles. The monoisotopic (exact) mass is 364 g/mol. The van der Waals surface area contributed by atoms with Crippen LogP contribution in [0.1, 0.15) is 5.89 Å². The minimum Gasteiger partial charge on any atom is -0.481 e. The molecule has 2 aromatic rings. The Balaban J connectivity index is 2.13. The van der Waals surface area contributed by atoms with Gasteiger partial charge in [0.15, 0.2) is 6.61 Å². The summed E-state index contributed by atoms with van der Waals surface area (Å²) in [6.45, 7) is 0.217. The number of aromatic amines is 1. The van der Waals surface area contributed by atoms with Crippen molar-refractivity contribution in [3.63, 3.8) is 0 Å². The van der Waals surface area contributed by atoms with E-state index < -0.39 is 0 Å². The van der Waals surface area contributed by atoms with Crippen LogP contribution >= 0.6 is 44.1 Å². The van der Waals surface area contributed by atoms with Crippen molar-refractivity contribution in [2.75, 3.05) is 0 Å². The van der Waals surface area contributed by atoms with Crippen molar-refractivity contribution in [3.8, 4) is 5.75 Å². The van der Waals surface area contributed by atoms with E-state index in [1.807, 2.05) is 18.2 Å². The van der Waals surface area contributed by atoms with Crippen LogP contribution in [0.4, 0.5) is 0 Å². The van der Waals surface area contributed by atoms with E-state index in [1.54, 1.807) is 0 Å². The Kier molecular flexibility index (Phi) is 3.78. The Morgan fingerprint density at radius 2 is 2.06 bits per heavy atom. The third-order valence-corrected chi connectivity index (χ3v) is 3.16. The van der Waals surface area contributed by atoms with E-state index in [9.17, 15) is 0 Å². The predicted octanol–water partition coefficient (Wildman–Crippen LogP) is 3.84. The Morgan fingerprint density at radius 1 is 1.38 bits per heavy atom. The molecule has 0 fully saturated rings. The zero-order valence-corrected chi connectivity index (χ0v) is 11.9. The van der Waals surface area contributed by atoms with Crippen LogP contribution in [0.2, 0.25) is 0 Å². The lowest BCUT2D eigenvalue weighted by atomic mass is 10.3. The van der Waals surface area contributed by atoms with Crippen molar-refractivity contribution >= 4 is 44.1 Å². The molecule has 0 radical (unpaired) electrons. The predicted molar refractivity (Wildman–Crippen MR) is 67.9 cm³/mol. The topological polar surface area (TPSA) is 51.0 Å². The summed E-state index contributed by atoms with van der Waals surface area (Å²) < 4.78 is 12.3. The molecule has 0 bridgehead atoms. The van der Waals surface area contributed by atoms with Gasteiger partial charge in [0.2, 0.25) is 0 Å². The maximum atomic E-state index is 5.55. The van der Waals surface area contributed by atoms with Gasteiger partial charge in [0, 0.05) is 0 Å². The fourth-order valence-corrected chi connectivity index (χ4v) is 2.45. The fraction of sp³-hybridized carbons (Fsp3) is 0.111. The first-order valence-electron chi connectivity index (χ1n) is 4.28. The molecule has 84 valence electrons. The first-order chi connectivity index (χ1) is 7.66. The second kappa shape index (κ2) is 5.11. The van der Waals surface area contributed by atoms with Gasteiger partial charge in [-0.25, -0.2) is 5.10 Å². The summed E-state index contributed by atoms with van der Waals surface area (Å²) in [6, 6.07) is 5.68. The molecule has 1 aromatic heterocycles. The largest absolute Gasteiger partial charge is 0.481 e. The molecule has 0 aliphatic heterocycles. The number of halogens is 2. The summed E-state index contributed by atoms with van der Waals surface area (Å²) in [4.78, 5) is 0.241. The van der Waals surface area contributed by atoms with Gasteiger partial charge in [0.25, 0.3) is 10.7 Å². The van der Waals surface area contributed by atoms with Gasteiger partial charge in [-0.2, -0.15) is 0 Å². The Morgan fingerprint density at radius 3 is 2.62 bits per heavy atom. The third-order valence-electron chi connectivity index (χ3n) is 1.74. The highest BCUT2D eigenvalue weighted by atomic mass is 79.9. The van der Waals surface area contributed by atoms with E-state index in [4.69, 9.17) is 21.4 Å². The molecule has 0 amide bonds. The van der Waals surface area contributed by atoms with Crippen LogP contribution in [-0.2, 0) is 6.61 Å². The van der Waals surface area contributed by atoms with Gasteiger partial charge in [-0.05, 0) is 56.2 Å². The van der Waals surface area contributed by atoms with Crippen LogP contribution in [0.25, 0.3) is 0 Å². The molecule has 16 heavy (non-hydrogen) atoms. The summed E-state index contributed by atoms with van der Waals surface area (Å²) >= 11 is 11.5. The molecule has 1 N–H and O–H groups in total. The minimum absolute atomic E-state index is 0.217. The van der Waals surface area contributed by atoms with E-state index in [1.165, 1.54) is 0 Å². The van der Waals surface area contributed by atoms with Crippen LogP contribution in [0.3, 0.4) is 0 Å². The number of H-pyrrole nitrogens is 1. The molecule has 1 heterocycles. The van der Waals surface area contributed by atoms with Crippen molar-refractivity contribution in [3.05, 3.63) is 37.9 Å². The third kappa shape index (κ3) is 2.72. The van der Waals surface area contributed by atoms with Gasteiger partial charge in [-0.1, -0.05) is 6.07 Å². The SMILES string of the molecule is S=c1[nH]nc(COc2c(Br)cccc2Br)o1. The zero-order chi connectivity index (χ0) is 11.5. The molecule has 0 aliphatic rings. The summed E-state index contributed by atoms with van der Waals surface area (Å²) in [7, 11) is 0. The van der Waals surface area contributed by atoms with Crippen LogP contribution in [0.15, 0.2) is 31.6 Å². The number of benzene rings is 1. The molecule has 1 aromatic carbocycles. The number of hydrogen-bond acceptors (Lipinski definition) is 4. The summed E-state index contributed by atoms with van der Waals surface area (Å²) in [5.74, 6) is 1.11. The Hall–Kier alpha value is -0.660. The molecule has 2 rings (SSSR count). The van der Waals surface area contributed by atoms with Crippen molar-refractivity contribution < 1.29 is 9.15 Å². The maximum Gasteiger partial charge on any atom is 0.284 e. The number of rotatable bonds is 3. The van der Waals surface area contributed by atoms with E-state index >= 15 is 0 Å². The lowest BCUT2D eigenvalue weighted by Gasteiger charge is -2.07. The number of aromatic nitrogens is 2. The highest BCUT2D eigenvalue weighted by Gasteiger charge is 2.07. The van der Waals surface area contributed by atoms with Crippen molar-refractivity contribution in [1.82, 2.24) is 10.2 Å². The highest BCUT2D eigenvalue weighted by molar-refractivity contribution is 9.11. The molecular formula is C9H6Br2N2O2S. The lowest BCUT2D eigenvalue weighted by Crippen LogP contribution is -1.97. The Labute approximate surface area is 113 Å². The van der Waals surface area contributed by atoms with E-state index in [-0.39, 0.29) is 11.4 Å². The average molecular weight is 366 g/mol. The molecular weight excluding hydrogens is 360 g/mol.